The van der Waals surface area contributed by atoms with Crippen LogP contribution in [0.1, 0.15) is 240 Å². The lowest BCUT2D eigenvalue weighted by Gasteiger charge is -2.70. The molecule has 0 heterocycles. The van der Waals surface area contributed by atoms with Crippen LogP contribution in [0, 0.1) is 50.7 Å². The van der Waals surface area contributed by atoms with Crippen molar-refractivity contribution < 1.29 is 14.4 Å². The molecule has 0 amide bonds. The Balaban J connectivity index is 3.00. The van der Waals surface area contributed by atoms with Gasteiger partial charge in [0, 0.05) is 27.8 Å². The molecule has 0 aromatic rings. The van der Waals surface area contributed by atoms with Gasteiger partial charge in [-0.25, -0.2) is 0 Å². The van der Waals surface area contributed by atoms with E-state index in [9.17, 15) is 9.59 Å². The minimum Gasteiger partial charge on any atom is -0.299 e. The van der Waals surface area contributed by atoms with Gasteiger partial charge in [0.2, 0.25) is 0 Å². The van der Waals surface area contributed by atoms with Gasteiger partial charge in [-0.15, -0.1) is 0 Å². The SMILES string of the molecule is CCC(CC)C(=O)C(N(C(CC)(CC)CC(CC)(CC)C(C)=O)C(CC)(CC)C(CC)(CC)C(C)=O)C1(C)CC(C)(C2CCC(C(C)(C)CC(C)C)CC2)C1. The molecule has 0 bridgehead atoms. The van der Waals surface area contributed by atoms with Crippen LogP contribution in [0.25, 0.3) is 0 Å². The fraction of sp³-hybridized carbons (Fsp3) is 0.941. The molecule has 2 aliphatic carbocycles. The Morgan fingerprint density at radius 2 is 1.15 bits per heavy atom. The third kappa shape index (κ3) is 9.10. The lowest BCUT2D eigenvalue weighted by molar-refractivity contribution is -0.208. The van der Waals surface area contributed by atoms with Crippen molar-refractivity contribution in [3.8, 4) is 0 Å². The van der Waals surface area contributed by atoms with Crippen molar-refractivity contribution in [1.29, 1.82) is 0 Å². The van der Waals surface area contributed by atoms with Crippen LogP contribution in [0.2, 0.25) is 0 Å². The van der Waals surface area contributed by atoms with Crippen molar-refractivity contribution in [2.75, 3.05) is 0 Å². The monoisotopic (exact) mass is 770 g/mol. The van der Waals surface area contributed by atoms with E-state index in [1.54, 1.807) is 0 Å². The molecule has 0 radical (unpaired) electrons. The van der Waals surface area contributed by atoms with E-state index in [1.165, 1.54) is 32.1 Å². The summed E-state index contributed by atoms with van der Waals surface area (Å²) in [6, 6.07) is -0.318. The highest BCUT2D eigenvalue weighted by Crippen LogP contribution is 2.67. The van der Waals surface area contributed by atoms with Crippen molar-refractivity contribution in [2.24, 2.45) is 50.7 Å². The highest BCUT2D eigenvalue weighted by atomic mass is 16.1. The third-order valence-corrected chi connectivity index (χ3v) is 17.9. The van der Waals surface area contributed by atoms with Gasteiger partial charge in [-0.3, -0.25) is 19.3 Å². The molecule has 0 aromatic carbocycles. The first-order chi connectivity index (χ1) is 25.5. The minimum absolute atomic E-state index is 0.0301. The van der Waals surface area contributed by atoms with Gasteiger partial charge in [0.15, 0.2) is 5.78 Å². The summed E-state index contributed by atoms with van der Waals surface area (Å²) in [5.74, 6) is 3.08. The van der Waals surface area contributed by atoms with Gasteiger partial charge in [0.25, 0.3) is 0 Å². The first-order valence-corrected chi connectivity index (χ1v) is 23.9. The van der Waals surface area contributed by atoms with E-state index < -0.39 is 21.9 Å². The minimum atomic E-state index is -0.611. The molecule has 0 saturated heterocycles. The van der Waals surface area contributed by atoms with Crippen LogP contribution in [0.4, 0.5) is 0 Å². The Hall–Kier alpha value is -1.03. The van der Waals surface area contributed by atoms with Crippen molar-refractivity contribution in [1.82, 2.24) is 4.90 Å². The summed E-state index contributed by atoms with van der Waals surface area (Å²) >= 11 is 0. The Bertz CT molecular complexity index is 1220. The largest absolute Gasteiger partial charge is 0.299 e. The second-order valence-electron chi connectivity index (χ2n) is 21.2. The number of hydrogen-bond donors (Lipinski definition) is 0. The zero-order valence-electron chi connectivity index (χ0n) is 40.3. The summed E-state index contributed by atoms with van der Waals surface area (Å²) in [5.41, 5.74) is -1.71. The normalized spacial score (nSPS) is 25.0. The van der Waals surface area contributed by atoms with Gasteiger partial charge in [-0.2, -0.15) is 0 Å². The quantitative estimate of drug-likeness (QED) is 0.0928. The van der Waals surface area contributed by atoms with E-state index in [2.05, 4.69) is 116 Å². The number of hydrogen-bond acceptors (Lipinski definition) is 4. The molecule has 2 rings (SSSR count). The smallest absolute Gasteiger partial charge is 0.153 e. The van der Waals surface area contributed by atoms with Gasteiger partial charge >= 0.3 is 0 Å². The molecular weight excluding hydrogens is 675 g/mol. The second kappa shape index (κ2) is 19.4. The molecule has 2 aliphatic rings. The van der Waals surface area contributed by atoms with E-state index in [0.717, 1.165) is 95.3 Å². The van der Waals surface area contributed by atoms with Crippen LogP contribution in [0.15, 0.2) is 0 Å². The maximum atomic E-state index is 15.9. The Kier molecular flexibility index (Phi) is 17.6. The molecule has 1 unspecified atom stereocenters. The maximum absolute atomic E-state index is 15.9. The average molecular weight is 770 g/mol. The molecule has 4 heteroatoms. The fourth-order valence-corrected chi connectivity index (χ4v) is 14.6. The zero-order chi connectivity index (χ0) is 42.4. The number of carbonyl (C=O) groups excluding carboxylic acids is 3. The third-order valence-electron chi connectivity index (χ3n) is 17.9. The van der Waals surface area contributed by atoms with E-state index in [4.69, 9.17) is 0 Å². The van der Waals surface area contributed by atoms with E-state index in [0.29, 0.717) is 17.1 Å². The molecule has 4 nitrogen and oxygen atoms in total. The topological polar surface area (TPSA) is 54.5 Å². The van der Waals surface area contributed by atoms with Crippen LogP contribution in [0.3, 0.4) is 0 Å². The summed E-state index contributed by atoms with van der Waals surface area (Å²) in [6.45, 7) is 40.9. The number of rotatable bonds is 25. The van der Waals surface area contributed by atoms with Crippen molar-refractivity contribution in [3.05, 3.63) is 0 Å². The molecular formula is C51H95NO3. The summed E-state index contributed by atoms with van der Waals surface area (Å²) in [5, 5.41) is 0. The highest BCUT2D eigenvalue weighted by Gasteiger charge is 2.67. The molecule has 0 spiro atoms. The number of carbonyl (C=O) groups is 3. The highest BCUT2D eigenvalue weighted by molar-refractivity contribution is 5.89. The fourth-order valence-electron chi connectivity index (χ4n) is 14.6. The van der Waals surface area contributed by atoms with E-state index in [-0.39, 0.29) is 34.4 Å². The zero-order valence-corrected chi connectivity index (χ0v) is 40.3. The van der Waals surface area contributed by atoms with Gasteiger partial charge in [-0.05, 0) is 163 Å². The number of nitrogens with zero attached hydrogens (tertiary/aromatic N) is 1. The van der Waals surface area contributed by atoms with E-state index in [1.807, 2.05) is 13.8 Å². The molecule has 0 aromatic heterocycles. The predicted molar refractivity (Wildman–Crippen MR) is 237 cm³/mol. The van der Waals surface area contributed by atoms with E-state index >= 15 is 4.79 Å². The Morgan fingerprint density at radius 1 is 0.673 bits per heavy atom. The summed E-state index contributed by atoms with van der Waals surface area (Å²) in [6.07, 6.45) is 17.4. The second-order valence-corrected chi connectivity index (χ2v) is 21.2. The molecule has 322 valence electrons. The summed E-state index contributed by atoms with van der Waals surface area (Å²) in [7, 11) is 0. The maximum Gasteiger partial charge on any atom is 0.153 e. The van der Waals surface area contributed by atoms with Crippen molar-refractivity contribution >= 4 is 17.3 Å². The first kappa shape index (κ1) is 50.1. The predicted octanol–water partition coefficient (Wildman–Crippen LogP) is 14.6. The van der Waals surface area contributed by atoms with Crippen LogP contribution >= 0.6 is 0 Å². The molecule has 0 N–H and O–H groups in total. The Labute approximate surface area is 343 Å². The Morgan fingerprint density at radius 3 is 1.47 bits per heavy atom. The van der Waals surface area contributed by atoms with Crippen molar-refractivity contribution in [3.63, 3.8) is 0 Å². The summed E-state index contributed by atoms with van der Waals surface area (Å²) < 4.78 is 0. The van der Waals surface area contributed by atoms with Crippen LogP contribution in [0.5, 0.6) is 0 Å². The average Bonchev–Trinajstić information content (AvgIpc) is 3.13. The van der Waals surface area contributed by atoms with Crippen molar-refractivity contribution in [2.45, 2.75) is 257 Å². The van der Waals surface area contributed by atoms with Gasteiger partial charge in [0.1, 0.15) is 11.6 Å². The van der Waals surface area contributed by atoms with Gasteiger partial charge in [-0.1, -0.05) is 111 Å². The van der Waals surface area contributed by atoms with Gasteiger partial charge < -0.3 is 0 Å². The standard InChI is InChI=1S/C51H95NO3/c1-19-40(20-2)43(55)44(47(18)34-46(17,35-47)42-31-29-41(30-32-42)45(15,16)33-37(11)12)52(51(27-9,28-10)50(25-7,26-8)39(14)54)49(23-5,24-6)36-48(21-3,22-4)38(13)53/h37,40-42,44H,19-36H2,1-18H3. The number of ketones is 3. The lowest BCUT2D eigenvalue weighted by atomic mass is 9.44. The molecule has 55 heavy (non-hydrogen) atoms. The summed E-state index contributed by atoms with van der Waals surface area (Å²) in [4.78, 5) is 47.1. The van der Waals surface area contributed by atoms with Crippen LogP contribution in [-0.4, -0.2) is 39.4 Å². The first-order valence-electron chi connectivity index (χ1n) is 23.9. The molecule has 0 aliphatic heterocycles. The molecule has 1 atom stereocenters. The lowest BCUT2D eigenvalue weighted by Crippen LogP contribution is -2.76. The molecule has 2 fully saturated rings. The van der Waals surface area contributed by atoms with Crippen LogP contribution < -0.4 is 0 Å². The number of Topliss-reactive ketones (excluding diaryl/α,β-unsaturated/α-hetero) is 3. The molecule has 2 saturated carbocycles. The van der Waals surface area contributed by atoms with Gasteiger partial charge in [0.05, 0.1) is 6.04 Å². The van der Waals surface area contributed by atoms with Crippen LogP contribution in [-0.2, 0) is 14.4 Å².